The first-order valence-corrected chi connectivity index (χ1v) is 8.56. The molecule has 25 heavy (non-hydrogen) atoms. The molecule has 0 radical (unpaired) electrons. The summed E-state index contributed by atoms with van der Waals surface area (Å²) in [6.07, 6.45) is 0.375. The van der Waals surface area contributed by atoms with Crippen LogP contribution in [0.4, 0.5) is 8.78 Å². The molecular weight excluding hydrogens is 322 g/mol. The van der Waals surface area contributed by atoms with Crippen LogP contribution >= 0.6 is 0 Å². The van der Waals surface area contributed by atoms with Gasteiger partial charge < -0.3 is 5.32 Å². The summed E-state index contributed by atoms with van der Waals surface area (Å²) in [5.41, 5.74) is 1.46. The number of carbonyl (C=O) groups is 1. The second kappa shape index (κ2) is 9.28. The van der Waals surface area contributed by atoms with Crippen molar-refractivity contribution in [2.45, 2.75) is 26.3 Å². The zero-order valence-electron chi connectivity index (χ0n) is 14.6. The van der Waals surface area contributed by atoms with E-state index in [1.807, 2.05) is 44.2 Å². The monoisotopic (exact) mass is 346 g/mol. The van der Waals surface area contributed by atoms with Crippen molar-refractivity contribution in [1.29, 1.82) is 0 Å². The van der Waals surface area contributed by atoms with Crippen LogP contribution in [0.15, 0.2) is 48.5 Å². The van der Waals surface area contributed by atoms with Crippen LogP contribution in [-0.2, 0) is 11.2 Å². The van der Waals surface area contributed by atoms with Crippen LogP contribution in [0.3, 0.4) is 0 Å². The first-order chi connectivity index (χ1) is 12.0. The number of nitrogens with zero attached hydrogens (tertiary/aromatic N) is 1. The van der Waals surface area contributed by atoms with Crippen LogP contribution in [0.5, 0.6) is 0 Å². The molecule has 3 nitrogen and oxygen atoms in total. The van der Waals surface area contributed by atoms with Crippen LogP contribution in [0.2, 0.25) is 0 Å². The number of amides is 1. The smallest absolute Gasteiger partial charge is 0.241 e. The Kier molecular flexibility index (Phi) is 7.07. The van der Waals surface area contributed by atoms with Gasteiger partial charge in [0, 0.05) is 12.6 Å². The van der Waals surface area contributed by atoms with E-state index in [4.69, 9.17) is 0 Å². The van der Waals surface area contributed by atoms with Gasteiger partial charge in [-0.15, -0.1) is 0 Å². The van der Waals surface area contributed by atoms with Crippen molar-refractivity contribution in [2.24, 2.45) is 0 Å². The van der Waals surface area contributed by atoms with E-state index in [2.05, 4.69) is 10.2 Å². The fourth-order valence-electron chi connectivity index (χ4n) is 2.93. The number of likely N-dealkylation sites (N-methyl/N-ethyl adjacent to an activating group) is 1. The number of hydrogen-bond acceptors (Lipinski definition) is 2. The van der Waals surface area contributed by atoms with Crippen molar-refractivity contribution in [1.82, 2.24) is 10.2 Å². The van der Waals surface area contributed by atoms with Crippen molar-refractivity contribution in [3.05, 3.63) is 71.3 Å². The zero-order chi connectivity index (χ0) is 18.2. The van der Waals surface area contributed by atoms with Gasteiger partial charge in [-0.05, 0) is 42.8 Å². The maximum atomic E-state index is 13.2. The molecule has 0 aliphatic carbocycles. The lowest BCUT2D eigenvalue weighted by Gasteiger charge is -2.29. The van der Waals surface area contributed by atoms with Crippen molar-refractivity contribution in [3.63, 3.8) is 0 Å². The van der Waals surface area contributed by atoms with E-state index in [-0.39, 0.29) is 11.9 Å². The summed E-state index contributed by atoms with van der Waals surface area (Å²) in [6.45, 7) is 5.86. The fourth-order valence-corrected chi connectivity index (χ4v) is 2.93. The Balaban J connectivity index is 2.04. The van der Waals surface area contributed by atoms with E-state index < -0.39 is 11.6 Å². The predicted molar refractivity (Wildman–Crippen MR) is 95.2 cm³/mol. The molecule has 0 aliphatic rings. The molecule has 0 saturated carbocycles. The quantitative estimate of drug-likeness (QED) is 0.790. The molecule has 0 bridgehead atoms. The Morgan fingerprint density at radius 1 is 1.04 bits per heavy atom. The number of rotatable bonds is 8. The summed E-state index contributed by atoms with van der Waals surface area (Å²) in [6, 6.07) is 12.6. The van der Waals surface area contributed by atoms with E-state index in [1.165, 1.54) is 12.1 Å². The summed E-state index contributed by atoms with van der Waals surface area (Å²) in [7, 11) is 0. The van der Waals surface area contributed by atoms with Crippen LogP contribution in [0.25, 0.3) is 0 Å². The third-order valence-electron chi connectivity index (χ3n) is 4.18. The van der Waals surface area contributed by atoms with Gasteiger partial charge in [0.15, 0.2) is 0 Å². The first kappa shape index (κ1) is 19.1. The molecule has 2 aromatic rings. The minimum atomic E-state index is -0.605. The van der Waals surface area contributed by atoms with Crippen LogP contribution in [-0.4, -0.2) is 30.4 Å². The van der Waals surface area contributed by atoms with Gasteiger partial charge in [-0.2, -0.15) is 0 Å². The number of carbonyl (C=O) groups excluding carboxylic acids is 1. The van der Waals surface area contributed by atoms with Crippen LogP contribution in [0, 0.1) is 11.6 Å². The molecule has 0 fully saturated rings. The van der Waals surface area contributed by atoms with Crippen molar-refractivity contribution >= 4 is 5.91 Å². The Morgan fingerprint density at radius 3 is 2.20 bits per heavy atom. The highest BCUT2D eigenvalue weighted by molar-refractivity contribution is 5.83. The van der Waals surface area contributed by atoms with E-state index in [0.29, 0.717) is 18.5 Å². The standard InChI is InChI=1S/C20H24F2N2O/c1-3-24(4-2)19(16-8-6-5-7-9-16)20(25)23-11-10-15-12-17(21)14-18(22)13-15/h5-9,12-14,19H,3-4,10-11H2,1-2H3,(H,23,25). The second-order valence-corrected chi connectivity index (χ2v) is 5.85. The number of halogens is 2. The van der Waals surface area contributed by atoms with Gasteiger partial charge >= 0.3 is 0 Å². The molecular formula is C20H24F2N2O. The maximum Gasteiger partial charge on any atom is 0.241 e. The molecule has 1 N–H and O–H groups in total. The summed E-state index contributed by atoms with van der Waals surface area (Å²) in [5.74, 6) is -1.31. The van der Waals surface area contributed by atoms with Crippen LogP contribution in [0.1, 0.15) is 31.0 Å². The highest BCUT2D eigenvalue weighted by Gasteiger charge is 2.25. The Bertz CT molecular complexity index is 667. The lowest BCUT2D eigenvalue weighted by Crippen LogP contribution is -2.41. The maximum absolute atomic E-state index is 13.2. The SMILES string of the molecule is CCN(CC)C(C(=O)NCCc1cc(F)cc(F)c1)c1ccccc1. The van der Waals surface area contributed by atoms with E-state index >= 15 is 0 Å². The van der Waals surface area contributed by atoms with E-state index in [1.54, 1.807) is 0 Å². The molecule has 1 atom stereocenters. The predicted octanol–water partition coefficient (Wildman–Crippen LogP) is 3.71. The highest BCUT2D eigenvalue weighted by Crippen LogP contribution is 2.20. The first-order valence-electron chi connectivity index (χ1n) is 8.56. The summed E-state index contributed by atoms with van der Waals surface area (Å²) < 4.78 is 26.5. The summed E-state index contributed by atoms with van der Waals surface area (Å²) >= 11 is 0. The number of hydrogen-bond donors (Lipinski definition) is 1. The summed E-state index contributed by atoms with van der Waals surface area (Å²) in [4.78, 5) is 14.8. The number of nitrogens with one attached hydrogen (secondary N) is 1. The average Bonchev–Trinajstić information content (AvgIpc) is 2.59. The van der Waals surface area contributed by atoms with Crippen molar-refractivity contribution in [2.75, 3.05) is 19.6 Å². The number of benzene rings is 2. The minimum absolute atomic E-state index is 0.105. The van der Waals surface area contributed by atoms with Crippen molar-refractivity contribution < 1.29 is 13.6 Å². The van der Waals surface area contributed by atoms with Gasteiger partial charge in [0.05, 0.1) is 0 Å². The molecule has 0 aliphatic heterocycles. The molecule has 0 saturated heterocycles. The lowest BCUT2D eigenvalue weighted by molar-refractivity contribution is -0.126. The van der Waals surface area contributed by atoms with Gasteiger partial charge in [-0.3, -0.25) is 9.69 Å². The topological polar surface area (TPSA) is 32.3 Å². The molecule has 2 rings (SSSR count). The van der Waals surface area contributed by atoms with E-state index in [9.17, 15) is 13.6 Å². The van der Waals surface area contributed by atoms with Crippen LogP contribution < -0.4 is 5.32 Å². The zero-order valence-corrected chi connectivity index (χ0v) is 14.6. The Hall–Kier alpha value is -2.27. The van der Waals surface area contributed by atoms with Gasteiger partial charge in [0.1, 0.15) is 17.7 Å². The van der Waals surface area contributed by atoms with Gasteiger partial charge in [0.2, 0.25) is 5.91 Å². The normalized spacial score (nSPS) is 12.2. The van der Waals surface area contributed by atoms with Gasteiger partial charge in [0.25, 0.3) is 0 Å². The third kappa shape index (κ3) is 5.36. The van der Waals surface area contributed by atoms with Gasteiger partial charge in [-0.1, -0.05) is 44.2 Å². The Morgan fingerprint density at radius 2 is 1.64 bits per heavy atom. The third-order valence-corrected chi connectivity index (χ3v) is 4.18. The molecule has 2 aromatic carbocycles. The van der Waals surface area contributed by atoms with E-state index in [0.717, 1.165) is 24.7 Å². The second-order valence-electron chi connectivity index (χ2n) is 5.85. The molecule has 0 spiro atoms. The summed E-state index contributed by atoms with van der Waals surface area (Å²) in [5, 5.41) is 2.89. The fraction of sp³-hybridized carbons (Fsp3) is 0.350. The molecule has 1 amide bonds. The largest absolute Gasteiger partial charge is 0.354 e. The minimum Gasteiger partial charge on any atom is -0.354 e. The lowest BCUT2D eigenvalue weighted by atomic mass is 10.0. The molecule has 134 valence electrons. The highest BCUT2D eigenvalue weighted by atomic mass is 19.1. The molecule has 5 heteroatoms. The van der Waals surface area contributed by atoms with Crippen molar-refractivity contribution in [3.8, 4) is 0 Å². The average molecular weight is 346 g/mol. The molecule has 0 aromatic heterocycles. The Labute approximate surface area is 147 Å². The van der Waals surface area contributed by atoms with Gasteiger partial charge in [-0.25, -0.2) is 8.78 Å². The molecule has 0 heterocycles. The molecule has 1 unspecified atom stereocenters.